The van der Waals surface area contributed by atoms with Crippen molar-refractivity contribution in [2.45, 2.75) is 6.54 Å². The SMILES string of the molecule is N#CCN(CCN=[N+]=[N-])Cc1ccccc1. The second-order valence-electron chi connectivity index (χ2n) is 3.31. The Morgan fingerprint density at radius 2 is 2.12 bits per heavy atom. The summed E-state index contributed by atoms with van der Waals surface area (Å²) in [5.41, 5.74) is 9.33. The minimum Gasteiger partial charge on any atom is -0.286 e. The fourth-order valence-corrected chi connectivity index (χ4v) is 1.39. The zero-order valence-corrected chi connectivity index (χ0v) is 8.95. The summed E-state index contributed by atoms with van der Waals surface area (Å²) in [6.45, 7) is 2.04. The van der Waals surface area contributed by atoms with Crippen LogP contribution in [0, 0.1) is 11.3 Å². The quantitative estimate of drug-likeness (QED) is 0.316. The van der Waals surface area contributed by atoms with Crippen LogP contribution in [0.15, 0.2) is 35.4 Å². The van der Waals surface area contributed by atoms with Gasteiger partial charge in [-0.2, -0.15) is 5.26 Å². The molecule has 0 unspecified atom stereocenters. The molecular formula is C11H13N5. The molecule has 5 nitrogen and oxygen atoms in total. The van der Waals surface area contributed by atoms with E-state index >= 15 is 0 Å². The number of hydrogen-bond acceptors (Lipinski definition) is 3. The van der Waals surface area contributed by atoms with E-state index in [1.54, 1.807) is 0 Å². The third-order valence-electron chi connectivity index (χ3n) is 2.12. The van der Waals surface area contributed by atoms with Gasteiger partial charge < -0.3 is 0 Å². The maximum Gasteiger partial charge on any atom is 0.0868 e. The first-order valence-electron chi connectivity index (χ1n) is 5.01. The van der Waals surface area contributed by atoms with E-state index in [0.717, 1.165) is 5.56 Å². The molecule has 0 aliphatic rings. The van der Waals surface area contributed by atoms with E-state index in [1.807, 2.05) is 35.2 Å². The third-order valence-corrected chi connectivity index (χ3v) is 2.12. The van der Waals surface area contributed by atoms with Crippen molar-refractivity contribution in [3.05, 3.63) is 46.3 Å². The first-order chi connectivity index (χ1) is 7.86. The van der Waals surface area contributed by atoms with Gasteiger partial charge in [0.2, 0.25) is 0 Å². The van der Waals surface area contributed by atoms with Gasteiger partial charge in [0, 0.05) is 24.5 Å². The summed E-state index contributed by atoms with van der Waals surface area (Å²) in [4.78, 5) is 4.64. The number of nitrogens with zero attached hydrogens (tertiary/aromatic N) is 5. The van der Waals surface area contributed by atoms with E-state index in [4.69, 9.17) is 10.8 Å². The van der Waals surface area contributed by atoms with Gasteiger partial charge in [0.1, 0.15) is 0 Å². The van der Waals surface area contributed by atoms with Crippen LogP contribution in [0.4, 0.5) is 0 Å². The maximum absolute atomic E-state index is 8.68. The topological polar surface area (TPSA) is 75.8 Å². The van der Waals surface area contributed by atoms with Crippen molar-refractivity contribution in [3.8, 4) is 6.07 Å². The Morgan fingerprint density at radius 1 is 1.38 bits per heavy atom. The van der Waals surface area contributed by atoms with Crippen LogP contribution in [0.25, 0.3) is 10.4 Å². The summed E-state index contributed by atoms with van der Waals surface area (Å²) in [7, 11) is 0. The van der Waals surface area contributed by atoms with Gasteiger partial charge in [0.15, 0.2) is 0 Å². The largest absolute Gasteiger partial charge is 0.286 e. The standard InChI is InChI=1S/C11H13N5/c12-6-8-16(9-7-14-15-13)10-11-4-2-1-3-5-11/h1-5H,7-10H2. The Bertz CT molecular complexity index is 389. The van der Waals surface area contributed by atoms with E-state index in [1.165, 1.54) is 0 Å². The van der Waals surface area contributed by atoms with Gasteiger partial charge in [-0.3, -0.25) is 4.90 Å². The van der Waals surface area contributed by atoms with Gasteiger partial charge in [0.25, 0.3) is 0 Å². The van der Waals surface area contributed by atoms with Gasteiger partial charge in [-0.1, -0.05) is 35.4 Å². The van der Waals surface area contributed by atoms with Crippen molar-refractivity contribution in [2.24, 2.45) is 5.11 Å². The summed E-state index contributed by atoms with van der Waals surface area (Å²) in [6.07, 6.45) is 0. The molecule has 1 rings (SSSR count). The zero-order chi connectivity index (χ0) is 11.6. The molecule has 0 bridgehead atoms. The molecule has 0 aliphatic heterocycles. The van der Waals surface area contributed by atoms with E-state index in [0.29, 0.717) is 26.2 Å². The summed E-state index contributed by atoms with van der Waals surface area (Å²) in [5, 5.41) is 12.1. The molecule has 0 atom stereocenters. The van der Waals surface area contributed by atoms with Crippen molar-refractivity contribution in [3.63, 3.8) is 0 Å². The highest BCUT2D eigenvalue weighted by Crippen LogP contribution is 2.03. The van der Waals surface area contributed by atoms with Crippen LogP contribution < -0.4 is 0 Å². The highest BCUT2D eigenvalue weighted by molar-refractivity contribution is 5.14. The average molecular weight is 215 g/mol. The van der Waals surface area contributed by atoms with E-state index in [2.05, 4.69) is 16.1 Å². The van der Waals surface area contributed by atoms with Crippen LogP contribution >= 0.6 is 0 Å². The minimum absolute atomic E-state index is 0.343. The molecule has 0 aromatic heterocycles. The van der Waals surface area contributed by atoms with E-state index in [-0.39, 0.29) is 0 Å². The van der Waals surface area contributed by atoms with Crippen molar-refractivity contribution >= 4 is 0 Å². The predicted octanol–water partition coefficient (Wildman–Crippen LogP) is 2.32. The molecule has 1 aromatic rings. The normalized spacial score (nSPS) is 9.50. The number of benzene rings is 1. The van der Waals surface area contributed by atoms with Crippen LogP contribution in [-0.4, -0.2) is 24.5 Å². The van der Waals surface area contributed by atoms with E-state index < -0.39 is 0 Å². The number of rotatable bonds is 6. The van der Waals surface area contributed by atoms with Gasteiger partial charge in [-0.25, -0.2) is 0 Å². The molecule has 0 aliphatic carbocycles. The molecule has 0 heterocycles. The van der Waals surface area contributed by atoms with Crippen LogP contribution in [0.5, 0.6) is 0 Å². The maximum atomic E-state index is 8.68. The fraction of sp³-hybridized carbons (Fsp3) is 0.364. The monoisotopic (exact) mass is 215 g/mol. The summed E-state index contributed by atoms with van der Waals surface area (Å²) in [6, 6.07) is 12.0. The second kappa shape index (κ2) is 7.30. The number of nitriles is 1. The molecule has 1 aromatic carbocycles. The van der Waals surface area contributed by atoms with Gasteiger partial charge in [-0.05, 0) is 11.1 Å². The molecule has 5 heteroatoms. The van der Waals surface area contributed by atoms with Gasteiger partial charge in [-0.15, -0.1) is 0 Å². The average Bonchev–Trinajstić information content (AvgIpc) is 2.31. The van der Waals surface area contributed by atoms with Gasteiger partial charge >= 0.3 is 0 Å². The molecule has 16 heavy (non-hydrogen) atoms. The Labute approximate surface area is 94.5 Å². The van der Waals surface area contributed by atoms with Crippen LogP contribution in [-0.2, 0) is 6.54 Å². The summed E-state index contributed by atoms with van der Waals surface area (Å²) >= 11 is 0. The highest BCUT2D eigenvalue weighted by Gasteiger charge is 2.03. The smallest absolute Gasteiger partial charge is 0.0868 e. The van der Waals surface area contributed by atoms with Crippen molar-refractivity contribution < 1.29 is 0 Å². The summed E-state index contributed by atoms with van der Waals surface area (Å²) in [5.74, 6) is 0. The first kappa shape index (κ1) is 12.1. The van der Waals surface area contributed by atoms with Crippen molar-refractivity contribution in [1.82, 2.24) is 4.90 Å². The molecule has 0 saturated heterocycles. The molecular weight excluding hydrogens is 202 g/mol. The van der Waals surface area contributed by atoms with Crippen LogP contribution in [0.3, 0.4) is 0 Å². The first-order valence-corrected chi connectivity index (χ1v) is 5.01. The van der Waals surface area contributed by atoms with Crippen molar-refractivity contribution in [2.75, 3.05) is 19.6 Å². The lowest BCUT2D eigenvalue weighted by molar-refractivity contribution is 0.306. The minimum atomic E-state index is 0.343. The molecule has 0 spiro atoms. The van der Waals surface area contributed by atoms with E-state index in [9.17, 15) is 0 Å². The van der Waals surface area contributed by atoms with Gasteiger partial charge in [0.05, 0.1) is 12.6 Å². The number of azide groups is 1. The molecule has 0 radical (unpaired) electrons. The molecule has 0 fully saturated rings. The highest BCUT2D eigenvalue weighted by atomic mass is 15.2. The third kappa shape index (κ3) is 4.47. The lowest BCUT2D eigenvalue weighted by Gasteiger charge is -2.17. The fourth-order valence-electron chi connectivity index (χ4n) is 1.39. The number of hydrogen-bond donors (Lipinski definition) is 0. The molecule has 0 N–H and O–H groups in total. The second-order valence-corrected chi connectivity index (χ2v) is 3.31. The van der Waals surface area contributed by atoms with Crippen molar-refractivity contribution in [1.29, 1.82) is 5.26 Å². The lowest BCUT2D eigenvalue weighted by Crippen LogP contribution is -2.26. The zero-order valence-electron chi connectivity index (χ0n) is 8.95. The Kier molecular flexibility index (Phi) is 5.49. The Hall–Kier alpha value is -2.02. The van der Waals surface area contributed by atoms with Crippen LogP contribution in [0.1, 0.15) is 5.56 Å². The van der Waals surface area contributed by atoms with Crippen LogP contribution in [0.2, 0.25) is 0 Å². The Morgan fingerprint density at radius 3 is 2.75 bits per heavy atom. The summed E-state index contributed by atoms with van der Waals surface area (Å²) < 4.78 is 0. The molecule has 0 saturated carbocycles. The lowest BCUT2D eigenvalue weighted by atomic mass is 10.2. The molecule has 82 valence electrons. The Balaban J connectivity index is 2.51. The molecule has 0 amide bonds. The predicted molar refractivity (Wildman–Crippen MR) is 61.3 cm³/mol.